The Morgan fingerprint density at radius 1 is 1.24 bits per heavy atom. The summed E-state index contributed by atoms with van der Waals surface area (Å²) in [6, 6.07) is 13.8. The van der Waals surface area contributed by atoms with Gasteiger partial charge in [0.1, 0.15) is 0 Å². The number of nitrogens with one attached hydrogen (secondary N) is 1. The molecule has 3 heteroatoms. The van der Waals surface area contributed by atoms with Crippen molar-refractivity contribution >= 4 is 5.91 Å². The van der Waals surface area contributed by atoms with E-state index in [1.165, 1.54) is 5.56 Å². The SMILES string of the molecule is C=CCNCc1ccc(-c2cc(C(N)=O)ccc2C)cc1. The number of aryl methyl sites for hydroxylation is 1. The third kappa shape index (κ3) is 3.80. The number of carbonyl (C=O) groups is 1. The number of benzene rings is 2. The summed E-state index contributed by atoms with van der Waals surface area (Å²) in [4.78, 5) is 11.3. The molecule has 2 aromatic rings. The topological polar surface area (TPSA) is 55.1 Å². The van der Waals surface area contributed by atoms with Crippen molar-refractivity contribution < 1.29 is 4.79 Å². The molecule has 0 heterocycles. The number of nitrogens with two attached hydrogens (primary N) is 1. The third-order valence-electron chi connectivity index (χ3n) is 3.40. The standard InChI is InChI=1S/C18H20N2O/c1-3-10-20-12-14-5-8-15(9-6-14)17-11-16(18(19)21)7-4-13(17)2/h3-9,11,20H,1,10,12H2,2H3,(H2,19,21). The van der Waals surface area contributed by atoms with Gasteiger partial charge in [0, 0.05) is 18.7 Å². The van der Waals surface area contributed by atoms with Crippen molar-refractivity contribution in [2.45, 2.75) is 13.5 Å². The first-order valence-electron chi connectivity index (χ1n) is 6.93. The van der Waals surface area contributed by atoms with E-state index >= 15 is 0 Å². The summed E-state index contributed by atoms with van der Waals surface area (Å²) in [5.41, 5.74) is 10.3. The highest BCUT2D eigenvalue weighted by Crippen LogP contribution is 2.25. The number of hydrogen-bond acceptors (Lipinski definition) is 2. The molecule has 0 atom stereocenters. The first-order chi connectivity index (χ1) is 10.1. The van der Waals surface area contributed by atoms with Gasteiger partial charge in [-0.05, 0) is 41.3 Å². The van der Waals surface area contributed by atoms with Crippen molar-refractivity contribution in [2.75, 3.05) is 6.54 Å². The molecule has 1 amide bonds. The van der Waals surface area contributed by atoms with Crippen molar-refractivity contribution in [1.82, 2.24) is 5.32 Å². The van der Waals surface area contributed by atoms with Crippen LogP contribution >= 0.6 is 0 Å². The predicted octanol–water partition coefficient (Wildman–Crippen LogP) is 3.04. The molecule has 0 saturated carbocycles. The molecule has 0 aliphatic carbocycles. The Hall–Kier alpha value is -2.39. The van der Waals surface area contributed by atoms with E-state index < -0.39 is 5.91 Å². The number of rotatable bonds is 6. The molecule has 0 saturated heterocycles. The molecule has 2 rings (SSSR count). The third-order valence-corrected chi connectivity index (χ3v) is 3.40. The summed E-state index contributed by atoms with van der Waals surface area (Å²) < 4.78 is 0. The van der Waals surface area contributed by atoms with Crippen LogP contribution in [-0.4, -0.2) is 12.5 Å². The van der Waals surface area contributed by atoms with E-state index in [1.807, 2.05) is 25.1 Å². The first-order valence-corrected chi connectivity index (χ1v) is 6.93. The Balaban J connectivity index is 2.24. The molecule has 0 unspecified atom stereocenters. The predicted molar refractivity (Wildman–Crippen MR) is 87.0 cm³/mol. The Labute approximate surface area is 125 Å². The highest BCUT2D eigenvalue weighted by atomic mass is 16.1. The van der Waals surface area contributed by atoms with Crippen molar-refractivity contribution in [1.29, 1.82) is 0 Å². The lowest BCUT2D eigenvalue weighted by Gasteiger charge is -2.09. The number of amides is 1. The van der Waals surface area contributed by atoms with Crippen LogP contribution in [0.2, 0.25) is 0 Å². The molecule has 3 nitrogen and oxygen atoms in total. The van der Waals surface area contributed by atoms with Crippen molar-refractivity contribution in [3.8, 4) is 11.1 Å². The first kappa shape index (κ1) is 15.0. The Morgan fingerprint density at radius 3 is 2.57 bits per heavy atom. The highest BCUT2D eigenvalue weighted by molar-refractivity contribution is 5.94. The zero-order valence-corrected chi connectivity index (χ0v) is 12.2. The Morgan fingerprint density at radius 2 is 1.95 bits per heavy atom. The second-order valence-corrected chi connectivity index (χ2v) is 5.01. The molecule has 0 spiro atoms. The fraction of sp³-hybridized carbons (Fsp3) is 0.167. The maximum Gasteiger partial charge on any atom is 0.248 e. The van der Waals surface area contributed by atoms with Crippen LogP contribution < -0.4 is 11.1 Å². The van der Waals surface area contributed by atoms with Gasteiger partial charge in [-0.3, -0.25) is 4.79 Å². The number of primary amides is 1. The van der Waals surface area contributed by atoms with Crippen LogP contribution in [0.1, 0.15) is 21.5 Å². The minimum Gasteiger partial charge on any atom is -0.366 e. The minimum atomic E-state index is -0.401. The van der Waals surface area contributed by atoms with Crippen LogP contribution in [0, 0.1) is 6.92 Å². The smallest absolute Gasteiger partial charge is 0.248 e. The molecule has 0 aliphatic heterocycles. The van der Waals surface area contributed by atoms with E-state index in [2.05, 4.69) is 36.2 Å². The van der Waals surface area contributed by atoms with Crippen LogP contribution in [0.4, 0.5) is 0 Å². The van der Waals surface area contributed by atoms with Gasteiger partial charge in [-0.15, -0.1) is 6.58 Å². The van der Waals surface area contributed by atoms with E-state index in [0.717, 1.165) is 29.8 Å². The maximum absolute atomic E-state index is 11.3. The molecule has 0 aromatic heterocycles. The number of carbonyl (C=O) groups excluding carboxylic acids is 1. The lowest BCUT2D eigenvalue weighted by Crippen LogP contribution is -2.12. The largest absolute Gasteiger partial charge is 0.366 e. The van der Waals surface area contributed by atoms with Crippen LogP contribution in [0.5, 0.6) is 0 Å². The van der Waals surface area contributed by atoms with Crippen molar-refractivity contribution in [2.24, 2.45) is 5.73 Å². The van der Waals surface area contributed by atoms with Crippen LogP contribution in [0.3, 0.4) is 0 Å². The van der Waals surface area contributed by atoms with Gasteiger partial charge in [0.15, 0.2) is 0 Å². The fourth-order valence-corrected chi connectivity index (χ4v) is 2.21. The van der Waals surface area contributed by atoms with Crippen molar-refractivity contribution in [3.63, 3.8) is 0 Å². The summed E-state index contributed by atoms with van der Waals surface area (Å²) >= 11 is 0. The summed E-state index contributed by atoms with van der Waals surface area (Å²) in [6.45, 7) is 7.31. The summed E-state index contributed by atoms with van der Waals surface area (Å²) in [6.07, 6.45) is 1.84. The maximum atomic E-state index is 11.3. The zero-order valence-electron chi connectivity index (χ0n) is 12.2. The van der Waals surface area contributed by atoms with E-state index in [1.54, 1.807) is 6.07 Å². The Bertz CT molecular complexity index is 645. The summed E-state index contributed by atoms with van der Waals surface area (Å²) in [7, 11) is 0. The lowest BCUT2D eigenvalue weighted by molar-refractivity contribution is 0.100. The average Bonchev–Trinajstić information content (AvgIpc) is 2.48. The molecule has 3 N–H and O–H groups in total. The van der Waals surface area contributed by atoms with E-state index in [9.17, 15) is 4.79 Å². The van der Waals surface area contributed by atoms with Gasteiger partial charge in [-0.1, -0.05) is 36.4 Å². The summed E-state index contributed by atoms with van der Waals surface area (Å²) in [5.74, 6) is -0.401. The molecular formula is C18H20N2O. The Kier molecular flexibility index (Phi) is 4.90. The highest BCUT2D eigenvalue weighted by Gasteiger charge is 2.06. The van der Waals surface area contributed by atoms with Crippen LogP contribution in [-0.2, 0) is 6.54 Å². The van der Waals surface area contributed by atoms with Crippen molar-refractivity contribution in [3.05, 3.63) is 71.8 Å². The lowest BCUT2D eigenvalue weighted by atomic mass is 9.97. The molecular weight excluding hydrogens is 260 g/mol. The molecule has 0 radical (unpaired) electrons. The normalized spacial score (nSPS) is 10.3. The number of hydrogen-bond donors (Lipinski definition) is 2. The van der Waals surface area contributed by atoms with Gasteiger partial charge in [0.05, 0.1) is 0 Å². The fourth-order valence-electron chi connectivity index (χ4n) is 2.21. The second kappa shape index (κ2) is 6.86. The van der Waals surface area contributed by atoms with Gasteiger partial charge in [0.25, 0.3) is 0 Å². The quantitative estimate of drug-likeness (QED) is 0.631. The van der Waals surface area contributed by atoms with E-state index in [-0.39, 0.29) is 0 Å². The van der Waals surface area contributed by atoms with E-state index in [0.29, 0.717) is 5.56 Å². The van der Waals surface area contributed by atoms with Crippen LogP contribution in [0.25, 0.3) is 11.1 Å². The van der Waals surface area contributed by atoms with Gasteiger partial charge in [0.2, 0.25) is 5.91 Å². The van der Waals surface area contributed by atoms with Crippen LogP contribution in [0.15, 0.2) is 55.1 Å². The molecule has 0 bridgehead atoms. The minimum absolute atomic E-state index is 0.401. The van der Waals surface area contributed by atoms with Gasteiger partial charge < -0.3 is 11.1 Å². The van der Waals surface area contributed by atoms with Gasteiger partial charge in [-0.25, -0.2) is 0 Å². The molecule has 2 aromatic carbocycles. The zero-order chi connectivity index (χ0) is 15.2. The monoisotopic (exact) mass is 280 g/mol. The van der Waals surface area contributed by atoms with E-state index in [4.69, 9.17) is 5.73 Å². The van der Waals surface area contributed by atoms with Gasteiger partial charge in [-0.2, -0.15) is 0 Å². The van der Waals surface area contributed by atoms with Gasteiger partial charge >= 0.3 is 0 Å². The molecule has 108 valence electrons. The molecule has 21 heavy (non-hydrogen) atoms. The molecule has 0 aliphatic rings. The second-order valence-electron chi connectivity index (χ2n) is 5.01. The molecule has 0 fully saturated rings. The average molecular weight is 280 g/mol. The summed E-state index contributed by atoms with van der Waals surface area (Å²) in [5, 5.41) is 3.27.